The van der Waals surface area contributed by atoms with Crippen LogP contribution in [-0.2, 0) is 5.41 Å². The zero-order chi connectivity index (χ0) is 26.3. The van der Waals surface area contributed by atoms with Gasteiger partial charge in [-0.25, -0.2) is 9.67 Å². The van der Waals surface area contributed by atoms with Crippen LogP contribution in [0.5, 0.6) is 0 Å². The second-order valence-corrected chi connectivity index (χ2v) is 10.9. The molecule has 4 aromatic rings. The lowest BCUT2D eigenvalue weighted by atomic mass is 9.88. The highest BCUT2D eigenvalue weighted by Crippen LogP contribution is 2.30. The van der Waals surface area contributed by atoms with Gasteiger partial charge in [-0.15, -0.1) is 5.10 Å². The Morgan fingerprint density at radius 1 is 1.05 bits per heavy atom. The molecule has 190 valence electrons. The van der Waals surface area contributed by atoms with Gasteiger partial charge in [-0.05, 0) is 73.6 Å². The number of hydrogen-bond donors (Lipinski definition) is 1. The van der Waals surface area contributed by atoms with Gasteiger partial charge in [-0.3, -0.25) is 9.78 Å². The van der Waals surface area contributed by atoms with Crippen molar-refractivity contribution in [1.29, 1.82) is 0 Å². The summed E-state index contributed by atoms with van der Waals surface area (Å²) in [6, 6.07) is 12.2. The summed E-state index contributed by atoms with van der Waals surface area (Å²) in [7, 11) is 2.08. The van der Waals surface area contributed by atoms with Crippen molar-refractivity contribution >= 4 is 17.4 Å². The predicted octanol–water partition coefficient (Wildman–Crippen LogP) is 5.49. The van der Waals surface area contributed by atoms with Gasteiger partial charge in [0.05, 0.1) is 23.3 Å². The van der Waals surface area contributed by atoms with E-state index in [0.717, 1.165) is 39.6 Å². The first-order valence-electron chi connectivity index (χ1n) is 12.6. The number of aryl methyl sites for hydroxylation is 2. The minimum absolute atomic E-state index is 0.0645. The highest BCUT2D eigenvalue weighted by molar-refractivity contribution is 6.05. The van der Waals surface area contributed by atoms with Gasteiger partial charge in [-0.1, -0.05) is 32.1 Å². The second kappa shape index (κ2) is 9.42. The average Bonchev–Trinajstić information content (AvgIpc) is 3.61. The third-order valence-corrected chi connectivity index (χ3v) is 6.91. The molecule has 0 bridgehead atoms. The fourth-order valence-corrected chi connectivity index (χ4v) is 4.17. The van der Waals surface area contributed by atoms with Crippen LogP contribution in [0, 0.1) is 13.8 Å². The molecule has 1 aliphatic carbocycles. The van der Waals surface area contributed by atoms with E-state index in [9.17, 15) is 4.79 Å². The smallest absolute Gasteiger partial charge is 0.255 e. The van der Waals surface area contributed by atoms with Crippen molar-refractivity contribution in [2.24, 2.45) is 0 Å². The van der Waals surface area contributed by atoms with Crippen LogP contribution in [0.4, 0.5) is 11.5 Å². The van der Waals surface area contributed by atoms with Gasteiger partial charge in [0.15, 0.2) is 0 Å². The van der Waals surface area contributed by atoms with E-state index in [1.54, 1.807) is 4.68 Å². The summed E-state index contributed by atoms with van der Waals surface area (Å²) in [6.45, 7) is 10.3. The maximum Gasteiger partial charge on any atom is 0.255 e. The number of rotatable bonds is 6. The molecular formula is C29H33N7O. The number of amides is 1. The van der Waals surface area contributed by atoms with E-state index < -0.39 is 0 Å². The maximum absolute atomic E-state index is 13.2. The molecule has 0 unspecified atom stereocenters. The number of carbonyl (C=O) groups is 1. The molecule has 0 spiro atoms. The van der Waals surface area contributed by atoms with Crippen molar-refractivity contribution in [3.05, 3.63) is 77.4 Å². The molecule has 1 saturated carbocycles. The van der Waals surface area contributed by atoms with E-state index in [1.165, 1.54) is 12.8 Å². The largest absolute Gasteiger partial charge is 0.357 e. The Bertz CT molecular complexity index is 1450. The van der Waals surface area contributed by atoms with Crippen LogP contribution >= 0.6 is 0 Å². The van der Waals surface area contributed by atoms with Crippen molar-refractivity contribution < 1.29 is 4.79 Å². The Morgan fingerprint density at radius 2 is 1.84 bits per heavy atom. The van der Waals surface area contributed by atoms with Crippen LogP contribution in [0.25, 0.3) is 16.9 Å². The third-order valence-electron chi connectivity index (χ3n) is 6.91. The molecule has 1 fully saturated rings. The van der Waals surface area contributed by atoms with Crippen molar-refractivity contribution in [3.63, 3.8) is 0 Å². The first-order valence-corrected chi connectivity index (χ1v) is 12.6. The van der Waals surface area contributed by atoms with E-state index in [4.69, 9.17) is 0 Å². The lowest BCUT2D eigenvalue weighted by molar-refractivity contribution is 0.102. The van der Waals surface area contributed by atoms with E-state index in [-0.39, 0.29) is 11.3 Å². The van der Waals surface area contributed by atoms with Crippen LogP contribution in [0.15, 0.2) is 55.0 Å². The highest BCUT2D eigenvalue weighted by atomic mass is 16.1. The Morgan fingerprint density at radius 3 is 2.51 bits per heavy atom. The fraction of sp³-hybridized carbons (Fsp3) is 0.345. The summed E-state index contributed by atoms with van der Waals surface area (Å²) < 4.78 is 1.71. The van der Waals surface area contributed by atoms with Crippen LogP contribution in [0.1, 0.15) is 60.8 Å². The first-order chi connectivity index (χ1) is 17.6. The highest BCUT2D eigenvalue weighted by Gasteiger charge is 2.27. The molecule has 3 heterocycles. The number of carbonyl (C=O) groups excluding carboxylic acids is 1. The fourth-order valence-electron chi connectivity index (χ4n) is 4.17. The normalized spacial score (nSPS) is 13.5. The molecule has 0 atom stereocenters. The number of anilines is 2. The van der Waals surface area contributed by atoms with Crippen molar-refractivity contribution in [2.45, 2.75) is 58.9 Å². The number of nitrogens with zero attached hydrogens (tertiary/aromatic N) is 6. The minimum atomic E-state index is -0.197. The monoisotopic (exact) mass is 495 g/mol. The van der Waals surface area contributed by atoms with Crippen LogP contribution in [-0.4, -0.2) is 44.0 Å². The Kier molecular flexibility index (Phi) is 6.27. The van der Waals surface area contributed by atoms with E-state index in [1.807, 2.05) is 68.8 Å². The van der Waals surface area contributed by atoms with Gasteiger partial charge in [0.1, 0.15) is 11.5 Å². The standard InChI is InChI=1S/C29H33N7O/c1-18-7-8-20(28(37)32-24-14-22(29(3,4)5)16-30-19(24)2)13-26(18)36-17-25(33-34-36)21-9-12-27(31-15-21)35(6)23-10-11-23/h7-9,12-17,23H,10-11H2,1-6H3,(H,32,37). The summed E-state index contributed by atoms with van der Waals surface area (Å²) in [5, 5.41) is 11.7. The molecule has 8 heteroatoms. The molecule has 1 amide bonds. The first kappa shape index (κ1) is 24.6. The molecule has 1 aromatic carbocycles. The second-order valence-electron chi connectivity index (χ2n) is 10.9. The number of pyridine rings is 2. The predicted molar refractivity (Wildman–Crippen MR) is 146 cm³/mol. The minimum Gasteiger partial charge on any atom is -0.357 e. The zero-order valence-electron chi connectivity index (χ0n) is 22.3. The van der Waals surface area contributed by atoms with Gasteiger partial charge < -0.3 is 10.2 Å². The van der Waals surface area contributed by atoms with Crippen molar-refractivity contribution in [2.75, 3.05) is 17.3 Å². The Balaban J connectivity index is 1.37. The molecule has 37 heavy (non-hydrogen) atoms. The SMILES string of the molecule is Cc1ccc(C(=O)Nc2cc(C(C)(C)C)cnc2C)cc1-n1cc(-c2ccc(N(C)C3CC3)nc2)nn1. The van der Waals surface area contributed by atoms with Gasteiger partial charge in [-0.2, -0.15) is 0 Å². The van der Waals surface area contributed by atoms with Gasteiger partial charge >= 0.3 is 0 Å². The van der Waals surface area contributed by atoms with E-state index >= 15 is 0 Å². The third kappa shape index (κ3) is 5.23. The summed E-state index contributed by atoms with van der Waals surface area (Å²) >= 11 is 0. The quantitative estimate of drug-likeness (QED) is 0.381. The molecule has 0 saturated heterocycles. The van der Waals surface area contributed by atoms with E-state index in [2.05, 4.69) is 58.3 Å². The van der Waals surface area contributed by atoms with Gasteiger partial charge in [0.25, 0.3) is 5.91 Å². The summed E-state index contributed by atoms with van der Waals surface area (Å²) in [5.41, 5.74) is 6.43. The average molecular weight is 496 g/mol. The van der Waals surface area contributed by atoms with Gasteiger partial charge in [0, 0.05) is 36.6 Å². The van der Waals surface area contributed by atoms with Gasteiger partial charge in [0.2, 0.25) is 0 Å². The van der Waals surface area contributed by atoms with Crippen LogP contribution in [0.2, 0.25) is 0 Å². The molecule has 0 radical (unpaired) electrons. The Hall–Kier alpha value is -4.07. The summed E-state index contributed by atoms with van der Waals surface area (Å²) in [4.78, 5) is 24.5. The number of hydrogen-bond acceptors (Lipinski definition) is 6. The van der Waals surface area contributed by atoms with Crippen LogP contribution in [0.3, 0.4) is 0 Å². The summed E-state index contributed by atoms with van der Waals surface area (Å²) in [6.07, 6.45) is 8.02. The molecule has 1 aliphatic rings. The number of aromatic nitrogens is 5. The molecule has 0 aliphatic heterocycles. The Labute approximate surface area is 217 Å². The maximum atomic E-state index is 13.2. The lowest BCUT2D eigenvalue weighted by Crippen LogP contribution is -2.20. The van der Waals surface area contributed by atoms with Crippen molar-refractivity contribution in [1.82, 2.24) is 25.0 Å². The molecule has 3 aromatic heterocycles. The molecule has 8 nitrogen and oxygen atoms in total. The van der Waals surface area contributed by atoms with E-state index in [0.29, 0.717) is 17.3 Å². The number of benzene rings is 1. The lowest BCUT2D eigenvalue weighted by Gasteiger charge is -2.20. The number of nitrogens with one attached hydrogen (secondary N) is 1. The molecular weight excluding hydrogens is 462 g/mol. The molecule has 1 N–H and O–H groups in total. The van der Waals surface area contributed by atoms with Crippen LogP contribution < -0.4 is 10.2 Å². The topological polar surface area (TPSA) is 88.8 Å². The molecule has 5 rings (SSSR count). The zero-order valence-corrected chi connectivity index (χ0v) is 22.3. The van der Waals surface area contributed by atoms with Crippen molar-refractivity contribution in [3.8, 4) is 16.9 Å². The summed E-state index contributed by atoms with van der Waals surface area (Å²) in [5.74, 6) is 0.767.